The molecule has 0 aliphatic heterocycles. The lowest BCUT2D eigenvalue weighted by Crippen LogP contribution is -2.24. The van der Waals surface area contributed by atoms with Gasteiger partial charge < -0.3 is 5.32 Å². The highest BCUT2D eigenvalue weighted by Gasteiger charge is 2.28. The fourth-order valence-corrected chi connectivity index (χ4v) is 3.20. The molecule has 1 atom stereocenters. The molecule has 2 aromatic rings. The van der Waals surface area contributed by atoms with Crippen molar-refractivity contribution in [1.82, 2.24) is 15.2 Å². The molecule has 3 rings (SSSR count). The van der Waals surface area contributed by atoms with Crippen LogP contribution in [0.3, 0.4) is 0 Å². The number of amides is 1. The van der Waals surface area contributed by atoms with Gasteiger partial charge in [0.25, 0.3) is 0 Å². The fourth-order valence-electron chi connectivity index (χ4n) is 2.45. The summed E-state index contributed by atoms with van der Waals surface area (Å²) in [4.78, 5) is 17.7. The molecule has 2 aromatic heterocycles. The predicted molar refractivity (Wildman–Crippen MR) is 74.4 cm³/mol. The third kappa shape index (κ3) is 2.40. The molecule has 0 spiro atoms. The molecular weight excluding hydrogens is 260 g/mol. The minimum atomic E-state index is -0.125. The van der Waals surface area contributed by atoms with Crippen LogP contribution in [0.1, 0.15) is 41.8 Å². The number of anilines is 1. The SMILES string of the molecule is CCc1cnc(NC(=O)C2CCCc3cn[nH]c32)s1. The minimum absolute atomic E-state index is 0.0159. The molecule has 5 nitrogen and oxygen atoms in total. The maximum atomic E-state index is 12.3. The number of nitrogens with one attached hydrogen (secondary N) is 2. The fraction of sp³-hybridized carbons (Fsp3) is 0.462. The number of hydrogen-bond acceptors (Lipinski definition) is 4. The Morgan fingerprint density at radius 3 is 3.26 bits per heavy atom. The number of aromatic amines is 1. The zero-order valence-electron chi connectivity index (χ0n) is 10.8. The number of rotatable bonds is 3. The van der Waals surface area contributed by atoms with Crippen LogP contribution in [0.15, 0.2) is 12.4 Å². The molecule has 100 valence electrons. The van der Waals surface area contributed by atoms with E-state index in [0.717, 1.165) is 31.4 Å². The van der Waals surface area contributed by atoms with Gasteiger partial charge in [0.15, 0.2) is 5.13 Å². The monoisotopic (exact) mass is 276 g/mol. The molecule has 1 unspecified atom stereocenters. The summed E-state index contributed by atoms with van der Waals surface area (Å²) in [5.41, 5.74) is 2.14. The highest BCUT2D eigenvalue weighted by atomic mass is 32.1. The quantitative estimate of drug-likeness (QED) is 0.904. The summed E-state index contributed by atoms with van der Waals surface area (Å²) in [7, 11) is 0. The van der Waals surface area contributed by atoms with Gasteiger partial charge in [-0.15, -0.1) is 11.3 Å². The van der Waals surface area contributed by atoms with Crippen LogP contribution in [0.2, 0.25) is 0 Å². The minimum Gasteiger partial charge on any atom is -0.301 e. The molecule has 0 aromatic carbocycles. The lowest BCUT2D eigenvalue weighted by atomic mass is 9.87. The Kier molecular flexibility index (Phi) is 3.33. The molecule has 1 aliphatic carbocycles. The Bertz CT molecular complexity index is 589. The number of thiazole rings is 1. The number of H-pyrrole nitrogens is 1. The summed E-state index contributed by atoms with van der Waals surface area (Å²) in [5, 5.41) is 10.6. The molecule has 6 heteroatoms. The van der Waals surface area contributed by atoms with Crippen LogP contribution in [-0.4, -0.2) is 21.1 Å². The average molecular weight is 276 g/mol. The Morgan fingerprint density at radius 1 is 1.58 bits per heavy atom. The number of carbonyl (C=O) groups is 1. The Morgan fingerprint density at radius 2 is 2.47 bits per heavy atom. The Hall–Kier alpha value is -1.69. The number of aromatic nitrogens is 3. The Labute approximate surface area is 115 Å². The lowest BCUT2D eigenvalue weighted by molar-refractivity contribution is -0.118. The zero-order valence-corrected chi connectivity index (χ0v) is 11.6. The number of aryl methyl sites for hydroxylation is 2. The molecule has 0 fully saturated rings. The molecular formula is C13H16N4OS. The molecule has 0 saturated carbocycles. The van der Waals surface area contributed by atoms with Crippen molar-refractivity contribution in [3.05, 3.63) is 28.5 Å². The molecule has 0 radical (unpaired) electrons. The smallest absolute Gasteiger partial charge is 0.235 e. The average Bonchev–Trinajstić information content (AvgIpc) is 3.05. The van der Waals surface area contributed by atoms with Gasteiger partial charge in [0, 0.05) is 11.1 Å². The molecule has 0 saturated heterocycles. The van der Waals surface area contributed by atoms with E-state index in [0.29, 0.717) is 5.13 Å². The zero-order chi connectivity index (χ0) is 13.2. The van der Waals surface area contributed by atoms with Crippen LogP contribution < -0.4 is 5.32 Å². The first kappa shape index (κ1) is 12.3. The van der Waals surface area contributed by atoms with Crippen molar-refractivity contribution >= 4 is 22.4 Å². The van der Waals surface area contributed by atoms with Gasteiger partial charge in [-0.1, -0.05) is 6.92 Å². The highest BCUT2D eigenvalue weighted by molar-refractivity contribution is 7.15. The van der Waals surface area contributed by atoms with Gasteiger partial charge in [0.05, 0.1) is 17.8 Å². The van der Waals surface area contributed by atoms with Gasteiger partial charge >= 0.3 is 0 Å². The standard InChI is InChI=1S/C13H16N4OS/c1-2-9-7-14-13(19-9)16-12(18)10-5-3-4-8-6-15-17-11(8)10/h6-7,10H,2-5H2,1H3,(H,15,17)(H,14,16,18). The second kappa shape index (κ2) is 5.13. The van der Waals surface area contributed by atoms with Crippen LogP contribution in [0.25, 0.3) is 0 Å². The molecule has 19 heavy (non-hydrogen) atoms. The Balaban J connectivity index is 1.75. The van der Waals surface area contributed by atoms with Crippen molar-refractivity contribution in [3.63, 3.8) is 0 Å². The summed E-state index contributed by atoms with van der Waals surface area (Å²) in [6.45, 7) is 2.08. The first-order valence-electron chi connectivity index (χ1n) is 6.55. The molecule has 2 heterocycles. The van der Waals surface area contributed by atoms with Crippen molar-refractivity contribution in [3.8, 4) is 0 Å². The topological polar surface area (TPSA) is 70.7 Å². The summed E-state index contributed by atoms with van der Waals surface area (Å²) in [6.07, 6.45) is 7.50. The third-order valence-electron chi connectivity index (χ3n) is 3.49. The number of carbonyl (C=O) groups excluding carboxylic acids is 1. The molecule has 1 aliphatic rings. The molecule has 1 amide bonds. The predicted octanol–water partition coefficient (Wildman–Crippen LogP) is 2.49. The summed E-state index contributed by atoms with van der Waals surface area (Å²) >= 11 is 1.54. The van der Waals surface area contributed by atoms with E-state index in [2.05, 4.69) is 27.4 Å². The van der Waals surface area contributed by atoms with Crippen molar-refractivity contribution in [2.45, 2.75) is 38.5 Å². The van der Waals surface area contributed by atoms with E-state index in [1.54, 1.807) is 0 Å². The van der Waals surface area contributed by atoms with Crippen LogP contribution in [-0.2, 0) is 17.6 Å². The van der Waals surface area contributed by atoms with E-state index in [1.165, 1.54) is 21.8 Å². The van der Waals surface area contributed by atoms with E-state index in [4.69, 9.17) is 0 Å². The van der Waals surface area contributed by atoms with Crippen LogP contribution in [0, 0.1) is 0 Å². The van der Waals surface area contributed by atoms with Crippen molar-refractivity contribution in [2.75, 3.05) is 5.32 Å². The second-order valence-corrected chi connectivity index (χ2v) is 5.84. The van der Waals surface area contributed by atoms with Crippen molar-refractivity contribution in [2.24, 2.45) is 0 Å². The summed E-state index contributed by atoms with van der Waals surface area (Å²) in [5.74, 6) is -0.109. The molecule has 2 N–H and O–H groups in total. The first-order chi connectivity index (χ1) is 9.28. The largest absolute Gasteiger partial charge is 0.301 e. The van der Waals surface area contributed by atoms with Gasteiger partial charge in [-0.05, 0) is 31.2 Å². The van der Waals surface area contributed by atoms with Gasteiger partial charge in [-0.2, -0.15) is 5.10 Å². The summed E-state index contributed by atoms with van der Waals surface area (Å²) < 4.78 is 0. The van der Waals surface area contributed by atoms with Gasteiger partial charge in [0.2, 0.25) is 5.91 Å². The number of fused-ring (bicyclic) bond motifs is 1. The first-order valence-corrected chi connectivity index (χ1v) is 7.37. The van der Waals surface area contributed by atoms with Crippen molar-refractivity contribution in [1.29, 1.82) is 0 Å². The number of hydrogen-bond donors (Lipinski definition) is 2. The van der Waals surface area contributed by atoms with E-state index < -0.39 is 0 Å². The van der Waals surface area contributed by atoms with Crippen LogP contribution >= 0.6 is 11.3 Å². The second-order valence-electron chi connectivity index (χ2n) is 4.73. The van der Waals surface area contributed by atoms with Gasteiger partial charge in [-0.25, -0.2) is 4.98 Å². The van der Waals surface area contributed by atoms with Crippen LogP contribution in [0.4, 0.5) is 5.13 Å². The van der Waals surface area contributed by atoms with Gasteiger partial charge in [-0.3, -0.25) is 9.89 Å². The van der Waals surface area contributed by atoms with Crippen LogP contribution in [0.5, 0.6) is 0 Å². The van der Waals surface area contributed by atoms with E-state index >= 15 is 0 Å². The summed E-state index contributed by atoms with van der Waals surface area (Å²) in [6, 6.07) is 0. The van der Waals surface area contributed by atoms with E-state index in [-0.39, 0.29) is 11.8 Å². The third-order valence-corrected chi connectivity index (χ3v) is 4.54. The number of nitrogens with zero attached hydrogens (tertiary/aromatic N) is 2. The molecule has 0 bridgehead atoms. The highest BCUT2D eigenvalue weighted by Crippen LogP contribution is 2.31. The van der Waals surface area contributed by atoms with Gasteiger partial charge in [0.1, 0.15) is 0 Å². The normalized spacial score (nSPS) is 18.1. The lowest BCUT2D eigenvalue weighted by Gasteiger charge is -2.20. The van der Waals surface area contributed by atoms with E-state index in [9.17, 15) is 4.79 Å². The maximum Gasteiger partial charge on any atom is 0.235 e. The van der Waals surface area contributed by atoms with Crippen molar-refractivity contribution < 1.29 is 4.79 Å². The maximum absolute atomic E-state index is 12.3. The van der Waals surface area contributed by atoms with E-state index in [1.807, 2.05) is 12.4 Å².